The Kier molecular flexibility index (Phi) is 5.31. The molecule has 1 aliphatic rings. The highest BCUT2D eigenvalue weighted by Crippen LogP contribution is 2.04. The van der Waals surface area contributed by atoms with Gasteiger partial charge in [-0.3, -0.25) is 0 Å². The summed E-state index contributed by atoms with van der Waals surface area (Å²) < 4.78 is 31.8. The fraction of sp³-hybridized carbons (Fsp3) is 0.429. The van der Waals surface area contributed by atoms with E-state index in [1.807, 2.05) is 37.4 Å². The third kappa shape index (κ3) is 5.05. The summed E-state index contributed by atoms with van der Waals surface area (Å²) >= 11 is 0. The van der Waals surface area contributed by atoms with E-state index < -0.39 is 10.0 Å². The Labute approximate surface area is 120 Å². The SMILES string of the molecule is CN1CCOC(CNS(=O)(=O)/C=C/c2ccccc2)C1. The summed E-state index contributed by atoms with van der Waals surface area (Å²) in [6.45, 7) is 2.57. The lowest BCUT2D eigenvalue weighted by atomic mass is 10.2. The maximum Gasteiger partial charge on any atom is 0.233 e. The van der Waals surface area contributed by atoms with Crippen LogP contribution in [0.5, 0.6) is 0 Å². The lowest BCUT2D eigenvalue weighted by Gasteiger charge is -2.29. The van der Waals surface area contributed by atoms with Gasteiger partial charge in [-0.25, -0.2) is 13.1 Å². The van der Waals surface area contributed by atoms with E-state index >= 15 is 0 Å². The third-order valence-corrected chi connectivity index (χ3v) is 4.16. The summed E-state index contributed by atoms with van der Waals surface area (Å²) in [6, 6.07) is 9.33. The molecule has 1 aliphatic heterocycles. The van der Waals surface area contributed by atoms with E-state index in [1.165, 1.54) is 5.41 Å². The van der Waals surface area contributed by atoms with Crippen LogP contribution in [0.4, 0.5) is 0 Å². The minimum atomic E-state index is -3.43. The lowest BCUT2D eigenvalue weighted by Crippen LogP contribution is -2.45. The van der Waals surface area contributed by atoms with Crippen molar-refractivity contribution in [2.45, 2.75) is 6.10 Å². The highest BCUT2D eigenvalue weighted by molar-refractivity contribution is 7.92. The van der Waals surface area contributed by atoms with E-state index in [9.17, 15) is 8.42 Å². The van der Waals surface area contributed by atoms with Gasteiger partial charge in [0.15, 0.2) is 0 Å². The summed E-state index contributed by atoms with van der Waals surface area (Å²) in [5, 5.41) is 1.19. The lowest BCUT2D eigenvalue weighted by molar-refractivity contribution is -0.0156. The molecule has 0 aromatic heterocycles. The Morgan fingerprint density at radius 1 is 1.40 bits per heavy atom. The molecule has 0 bridgehead atoms. The first kappa shape index (κ1) is 15.2. The molecule has 0 amide bonds. The Bertz CT molecular complexity index is 543. The predicted molar refractivity (Wildman–Crippen MR) is 79.6 cm³/mol. The first-order valence-corrected chi connectivity index (χ1v) is 8.13. The van der Waals surface area contributed by atoms with E-state index in [1.54, 1.807) is 6.08 Å². The van der Waals surface area contributed by atoms with Crippen molar-refractivity contribution in [3.63, 3.8) is 0 Å². The van der Waals surface area contributed by atoms with Crippen LogP contribution in [0.15, 0.2) is 35.7 Å². The average molecular weight is 296 g/mol. The highest BCUT2D eigenvalue weighted by atomic mass is 32.2. The van der Waals surface area contributed by atoms with E-state index in [0.717, 1.165) is 18.7 Å². The molecular weight excluding hydrogens is 276 g/mol. The molecule has 0 spiro atoms. The molecule has 1 fully saturated rings. The molecule has 1 aromatic carbocycles. The summed E-state index contributed by atoms with van der Waals surface area (Å²) in [4.78, 5) is 2.13. The van der Waals surface area contributed by atoms with E-state index in [2.05, 4.69) is 9.62 Å². The summed E-state index contributed by atoms with van der Waals surface area (Å²) in [6.07, 6.45) is 1.49. The number of nitrogens with one attached hydrogen (secondary N) is 1. The topological polar surface area (TPSA) is 58.6 Å². The van der Waals surface area contributed by atoms with Gasteiger partial charge in [0.25, 0.3) is 0 Å². The van der Waals surface area contributed by atoms with E-state index in [0.29, 0.717) is 13.2 Å². The van der Waals surface area contributed by atoms with Crippen molar-refractivity contribution in [2.75, 3.05) is 33.3 Å². The van der Waals surface area contributed by atoms with E-state index in [-0.39, 0.29) is 6.10 Å². The molecule has 110 valence electrons. The van der Waals surface area contributed by atoms with Crippen LogP contribution in [-0.4, -0.2) is 52.7 Å². The van der Waals surface area contributed by atoms with Crippen molar-refractivity contribution in [2.24, 2.45) is 0 Å². The largest absolute Gasteiger partial charge is 0.374 e. The molecule has 0 radical (unpaired) electrons. The Hall–Kier alpha value is -1.21. The number of hydrogen-bond acceptors (Lipinski definition) is 4. The van der Waals surface area contributed by atoms with Crippen LogP contribution >= 0.6 is 0 Å². The Balaban J connectivity index is 1.86. The molecule has 1 unspecified atom stereocenters. The normalized spacial score (nSPS) is 21.4. The number of benzene rings is 1. The predicted octanol–water partition coefficient (Wildman–Crippen LogP) is 0.907. The fourth-order valence-electron chi connectivity index (χ4n) is 1.98. The summed E-state index contributed by atoms with van der Waals surface area (Å²) in [7, 11) is -1.43. The van der Waals surface area contributed by atoms with Gasteiger partial charge in [0.1, 0.15) is 0 Å². The molecule has 5 nitrogen and oxygen atoms in total. The van der Waals surface area contributed by atoms with Gasteiger partial charge in [-0.2, -0.15) is 0 Å². The van der Waals surface area contributed by atoms with Crippen LogP contribution in [0.2, 0.25) is 0 Å². The molecule has 2 rings (SSSR count). The Morgan fingerprint density at radius 3 is 2.85 bits per heavy atom. The minimum absolute atomic E-state index is 0.0892. The quantitative estimate of drug-likeness (QED) is 0.877. The van der Waals surface area contributed by atoms with Crippen molar-refractivity contribution < 1.29 is 13.2 Å². The summed E-state index contributed by atoms with van der Waals surface area (Å²) in [5.41, 5.74) is 0.853. The van der Waals surface area contributed by atoms with Gasteiger partial charge in [0.05, 0.1) is 12.7 Å². The fourth-order valence-corrected chi connectivity index (χ4v) is 2.83. The number of rotatable bonds is 5. The zero-order chi connectivity index (χ0) is 14.4. The second kappa shape index (κ2) is 6.99. The monoisotopic (exact) mass is 296 g/mol. The van der Waals surface area contributed by atoms with Gasteiger partial charge < -0.3 is 9.64 Å². The molecule has 1 atom stereocenters. The zero-order valence-corrected chi connectivity index (χ0v) is 12.3. The van der Waals surface area contributed by atoms with Crippen LogP contribution in [0.25, 0.3) is 6.08 Å². The molecular formula is C14H20N2O3S. The second-order valence-electron chi connectivity index (χ2n) is 4.86. The van der Waals surface area contributed by atoms with Crippen molar-refractivity contribution in [1.82, 2.24) is 9.62 Å². The van der Waals surface area contributed by atoms with Gasteiger partial charge in [0, 0.05) is 25.0 Å². The second-order valence-corrected chi connectivity index (χ2v) is 6.51. The third-order valence-electron chi connectivity index (χ3n) is 3.09. The molecule has 1 heterocycles. The number of morpholine rings is 1. The number of likely N-dealkylation sites (N-methyl/N-ethyl adjacent to an activating group) is 1. The highest BCUT2D eigenvalue weighted by Gasteiger charge is 2.19. The van der Waals surface area contributed by atoms with Gasteiger partial charge >= 0.3 is 0 Å². The average Bonchev–Trinajstić information content (AvgIpc) is 2.45. The van der Waals surface area contributed by atoms with Crippen LogP contribution in [0.3, 0.4) is 0 Å². The van der Waals surface area contributed by atoms with Gasteiger partial charge in [-0.05, 0) is 18.7 Å². The minimum Gasteiger partial charge on any atom is -0.374 e. The van der Waals surface area contributed by atoms with Crippen LogP contribution in [0.1, 0.15) is 5.56 Å². The van der Waals surface area contributed by atoms with Crippen molar-refractivity contribution in [1.29, 1.82) is 0 Å². The standard InChI is InChI=1S/C14H20N2O3S/c1-16-8-9-19-14(12-16)11-15-20(17,18)10-7-13-5-3-2-4-6-13/h2-7,10,14-15H,8-9,11-12H2,1H3/b10-7+. The molecule has 0 aliphatic carbocycles. The van der Waals surface area contributed by atoms with Crippen molar-refractivity contribution in [3.05, 3.63) is 41.3 Å². The first-order chi connectivity index (χ1) is 9.55. The molecule has 1 saturated heterocycles. The van der Waals surface area contributed by atoms with Crippen LogP contribution in [-0.2, 0) is 14.8 Å². The van der Waals surface area contributed by atoms with Crippen LogP contribution < -0.4 is 4.72 Å². The molecule has 1 N–H and O–H groups in total. The smallest absolute Gasteiger partial charge is 0.233 e. The number of ether oxygens (including phenoxy) is 1. The molecule has 20 heavy (non-hydrogen) atoms. The summed E-state index contributed by atoms with van der Waals surface area (Å²) in [5.74, 6) is 0. The van der Waals surface area contributed by atoms with Gasteiger partial charge in [0.2, 0.25) is 10.0 Å². The van der Waals surface area contributed by atoms with Gasteiger partial charge in [-0.15, -0.1) is 0 Å². The molecule has 0 saturated carbocycles. The molecule has 1 aromatic rings. The first-order valence-electron chi connectivity index (χ1n) is 6.58. The van der Waals surface area contributed by atoms with Crippen LogP contribution in [0, 0.1) is 0 Å². The van der Waals surface area contributed by atoms with Gasteiger partial charge in [-0.1, -0.05) is 30.3 Å². The Morgan fingerprint density at radius 2 is 2.15 bits per heavy atom. The van der Waals surface area contributed by atoms with Crippen molar-refractivity contribution >= 4 is 16.1 Å². The molecule has 6 heteroatoms. The van der Waals surface area contributed by atoms with E-state index in [4.69, 9.17) is 4.74 Å². The van der Waals surface area contributed by atoms with Crippen molar-refractivity contribution in [3.8, 4) is 0 Å². The zero-order valence-electron chi connectivity index (χ0n) is 11.5. The maximum atomic E-state index is 11.9. The number of nitrogens with zero attached hydrogens (tertiary/aromatic N) is 1. The maximum absolute atomic E-state index is 11.9. The number of hydrogen-bond donors (Lipinski definition) is 1. The number of sulfonamides is 1.